The van der Waals surface area contributed by atoms with Crippen LogP contribution >= 0.6 is 0 Å². The molecule has 0 saturated carbocycles. The third kappa shape index (κ3) is 4.29. The predicted molar refractivity (Wildman–Crippen MR) is 82.7 cm³/mol. The van der Waals surface area contributed by atoms with Crippen LogP contribution in [0, 0.1) is 0 Å². The average molecular weight is 262 g/mol. The van der Waals surface area contributed by atoms with Gasteiger partial charge in [0, 0.05) is 23.4 Å². The van der Waals surface area contributed by atoms with Crippen molar-refractivity contribution in [1.29, 1.82) is 0 Å². The molecule has 0 fully saturated rings. The molecule has 0 atom stereocenters. The third-order valence-electron chi connectivity index (χ3n) is 3.30. The van der Waals surface area contributed by atoms with Crippen LogP contribution in [0.2, 0.25) is 0 Å². The minimum Gasteiger partial charge on any atom is -0.238 e. The topological polar surface area (TPSA) is 25.8 Å². The van der Waals surface area contributed by atoms with Gasteiger partial charge in [-0.3, -0.25) is 0 Å². The van der Waals surface area contributed by atoms with Gasteiger partial charge in [-0.25, -0.2) is 9.97 Å². The Bertz CT molecular complexity index is 375. The van der Waals surface area contributed by atoms with Crippen molar-refractivity contribution in [3.8, 4) is 0 Å². The molecule has 0 amide bonds. The molecule has 0 unspecified atom stereocenters. The fraction of sp³-hybridized carbons (Fsp3) is 0.765. The van der Waals surface area contributed by atoms with Gasteiger partial charge < -0.3 is 0 Å². The van der Waals surface area contributed by atoms with Crippen LogP contribution in [0.5, 0.6) is 0 Å². The molecule has 1 rings (SSSR count). The summed E-state index contributed by atoms with van der Waals surface area (Å²) in [5.74, 6) is 1.04. The lowest BCUT2D eigenvalue weighted by atomic mass is 9.82. The molecule has 0 bridgehead atoms. The number of aromatic nitrogens is 2. The molecule has 2 nitrogen and oxygen atoms in total. The Kier molecular flexibility index (Phi) is 5.96. The van der Waals surface area contributed by atoms with E-state index < -0.39 is 0 Å². The molecule has 0 aliphatic carbocycles. The van der Waals surface area contributed by atoms with E-state index >= 15 is 0 Å². The molecule has 0 aromatic carbocycles. The van der Waals surface area contributed by atoms with Crippen LogP contribution in [-0.2, 0) is 24.7 Å². The largest absolute Gasteiger partial charge is 0.238 e. The van der Waals surface area contributed by atoms with Crippen molar-refractivity contribution in [2.45, 2.75) is 85.5 Å². The molecule has 0 radical (unpaired) electrons. The maximum Gasteiger partial charge on any atom is 0.128 e. The zero-order valence-corrected chi connectivity index (χ0v) is 13.6. The lowest BCUT2D eigenvalue weighted by molar-refractivity contribution is 0.555. The Hall–Kier alpha value is -0.920. The summed E-state index contributed by atoms with van der Waals surface area (Å²) in [4.78, 5) is 9.70. The Morgan fingerprint density at radius 2 is 1.16 bits per heavy atom. The van der Waals surface area contributed by atoms with Crippen LogP contribution in [0.3, 0.4) is 0 Å². The van der Waals surface area contributed by atoms with E-state index in [1.807, 2.05) is 0 Å². The second-order valence-corrected chi connectivity index (χ2v) is 6.41. The number of rotatable bonds is 6. The number of hydrogen-bond donors (Lipinski definition) is 0. The van der Waals surface area contributed by atoms with Crippen LogP contribution < -0.4 is 0 Å². The van der Waals surface area contributed by atoms with Gasteiger partial charge in [0.05, 0.1) is 0 Å². The van der Waals surface area contributed by atoms with E-state index in [1.165, 1.54) is 17.0 Å². The lowest BCUT2D eigenvalue weighted by Gasteiger charge is -2.25. The van der Waals surface area contributed by atoms with E-state index in [2.05, 4.69) is 41.5 Å². The highest BCUT2D eigenvalue weighted by Gasteiger charge is 2.24. The van der Waals surface area contributed by atoms with Crippen molar-refractivity contribution in [2.75, 3.05) is 0 Å². The second kappa shape index (κ2) is 7.02. The van der Waals surface area contributed by atoms with Crippen LogP contribution in [0.1, 0.15) is 83.6 Å². The monoisotopic (exact) mass is 262 g/mol. The molecule has 0 N–H and O–H groups in total. The minimum absolute atomic E-state index is 0.139. The number of aryl methyl sites for hydroxylation is 3. The predicted octanol–water partition coefficient (Wildman–Crippen LogP) is 4.63. The first kappa shape index (κ1) is 16.1. The highest BCUT2D eigenvalue weighted by atomic mass is 14.9. The molecule has 0 spiro atoms. The molecule has 108 valence electrons. The maximum absolute atomic E-state index is 4.85. The van der Waals surface area contributed by atoms with E-state index in [-0.39, 0.29) is 5.41 Å². The van der Waals surface area contributed by atoms with Gasteiger partial charge >= 0.3 is 0 Å². The van der Waals surface area contributed by atoms with Crippen molar-refractivity contribution in [2.24, 2.45) is 0 Å². The molecule has 0 saturated heterocycles. The van der Waals surface area contributed by atoms with Crippen LogP contribution in [-0.4, -0.2) is 9.97 Å². The van der Waals surface area contributed by atoms with E-state index in [9.17, 15) is 0 Å². The highest BCUT2D eigenvalue weighted by molar-refractivity contribution is 5.33. The van der Waals surface area contributed by atoms with Gasteiger partial charge in [-0.2, -0.15) is 0 Å². The van der Waals surface area contributed by atoms with Gasteiger partial charge in [0.1, 0.15) is 5.82 Å². The second-order valence-electron chi connectivity index (χ2n) is 6.41. The molecule has 1 heterocycles. The molecule has 0 aliphatic heterocycles. The Morgan fingerprint density at radius 1 is 0.737 bits per heavy atom. The summed E-state index contributed by atoms with van der Waals surface area (Å²) in [5.41, 5.74) is 4.12. The first-order valence-electron chi connectivity index (χ1n) is 7.83. The van der Waals surface area contributed by atoms with Gasteiger partial charge in [-0.1, -0.05) is 54.4 Å². The number of hydrogen-bond acceptors (Lipinski definition) is 2. The molecular formula is C17H30N2. The first-order chi connectivity index (χ1) is 8.93. The SMILES string of the molecule is CCCc1nc(CCC)c(C(C)(C)C)c(CCC)n1. The van der Waals surface area contributed by atoms with Gasteiger partial charge in [0.2, 0.25) is 0 Å². The fourth-order valence-electron chi connectivity index (χ4n) is 2.65. The van der Waals surface area contributed by atoms with E-state index in [4.69, 9.17) is 9.97 Å². The van der Waals surface area contributed by atoms with Gasteiger partial charge in [0.25, 0.3) is 0 Å². The summed E-state index contributed by atoms with van der Waals surface area (Å²) < 4.78 is 0. The standard InChI is InChI=1S/C17H30N2/c1-7-10-13-16(17(4,5)6)14(11-8-2)19-15(18-13)12-9-3/h7-12H2,1-6H3. The van der Waals surface area contributed by atoms with Gasteiger partial charge in [-0.05, 0) is 24.7 Å². The molecular weight excluding hydrogens is 232 g/mol. The summed E-state index contributed by atoms with van der Waals surface area (Å²) in [6.07, 6.45) is 6.56. The Morgan fingerprint density at radius 3 is 1.47 bits per heavy atom. The van der Waals surface area contributed by atoms with Crippen molar-refractivity contribution >= 4 is 0 Å². The molecule has 2 heteroatoms. The fourth-order valence-corrected chi connectivity index (χ4v) is 2.65. The lowest BCUT2D eigenvalue weighted by Crippen LogP contribution is -2.21. The number of nitrogens with zero attached hydrogens (tertiary/aromatic N) is 2. The quantitative estimate of drug-likeness (QED) is 0.747. The smallest absolute Gasteiger partial charge is 0.128 e. The normalized spacial score (nSPS) is 11.9. The van der Waals surface area contributed by atoms with Crippen LogP contribution in [0.15, 0.2) is 0 Å². The average Bonchev–Trinajstić information content (AvgIpc) is 2.28. The Labute approximate surface area is 119 Å². The van der Waals surface area contributed by atoms with Gasteiger partial charge in [0.15, 0.2) is 0 Å². The van der Waals surface area contributed by atoms with E-state index in [1.54, 1.807) is 0 Å². The zero-order chi connectivity index (χ0) is 14.5. The van der Waals surface area contributed by atoms with Crippen molar-refractivity contribution in [3.05, 3.63) is 22.8 Å². The van der Waals surface area contributed by atoms with Crippen molar-refractivity contribution < 1.29 is 0 Å². The van der Waals surface area contributed by atoms with E-state index in [0.29, 0.717) is 0 Å². The summed E-state index contributed by atoms with van der Waals surface area (Å²) in [6, 6.07) is 0. The van der Waals surface area contributed by atoms with Crippen molar-refractivity contribution in [3.63, 3.8) is 0 Å². The van der Waals surface area contributed by atoms with Crippen LogP contribution in [0.4, 0.5) is 0 Å². The molecule has 0 aliphatic rings. The molecule has 19 heavy (non-hydrogen) atoms. The van der Waals surface area contributed by atoms with Crippen molar-refractivity contribution in [1.82, 2.24) is 9.97 Å². The first-order valence-corrected chi connectivity index (χ1v) is 7.83. The minimum atomic E-state index is 0.139. The summed E-state index contributed by atoms with van der Waals surface area (Å²) in [7, 11) is 0. The summed E-state index contributed by atoms with van der Waals surface area (Å²) >= 11 is 0. The summed E-state index contributed by atoms with van der Waals surface area (Å²) in [5, 5.41) is 0. The van der Waals surface area contributed by atoms with Gasteiger partial charge in [-0.15, -0.1) is 0 Å². The zero-order valence-electron chi connectivity index (χ0n) is 13.6. The third-order valence-corrected chi connectivity index (χ3v) is 3.30. The van der Waals surface area contributed by atoms with Crippen LogP contribution in [0.25, 0.3) is 0 Å². The molecule has 1 aromatic rings. The highest BCUT2D eigenvalue weighted by Crippen LogP contribution is 2.29. The maximum atomic E-state index is 4.85. The molecule has 1 aromatic heterocycles. The van der Waals surface area contributed by atoms with E-state index in [0.717, 1.165) is 44.3 Å². The Balaban J connectivity index is 3.37. The summed E-state index contributed by atoms with van der Waals surface area (Å²) in [6.45, 7) is 13.5.